The molecule has 0 aliphatic carbocycles. The molecule has 1 aliphatic rings. The van der Waals surface area contributed by atoms with Crippen molar-refractivity contribution in [1.29, 1.82) is 0 Å². The van der Waals surface area contributed by atoms with Gasteiger partial charge < -0.3 is 15.0 Å². The summed E-state index contributed by atoms with van der Waals surface area (Å²) in [5.74, 6) is -0.110. The molecule has 1 saturated heterocycles. The van der Waals surface area contributed by atoms with E-state index in [4.69, 9.17) is 4.74 Å². The molecular formula is C17H27FN2O. The molecule has 1 fully saturated rings. The maximum Gasteiger partial charge on any atom is 0.127 e. The van der Waals surface area contributed by atoms with Gasteiger partial charge in [-0.3, -0.25) is 0 Å². The second-order valence-corrected chi connectivity index (χ2v) is 5.70. The Morgan fingerprint density at radius 2 is 2.05 bits per heavy atom. The van der Waals surface area contributed by atoms with Crippen molar-refractivity contribution < 1.29 is 9.13 Å². The number of piperidine rings is 1. The molecule has 1 unspecified atom stereocenters. The van der Waals surface area contributed by atoms with Crippen LogP contribution in [-0.4, -0.2) is 44.3 Å². The largest absolute Gasteiger partial charge is 0.381 e. The molecule has 0 aromatic heterocycles. The molecule has 1 heterocycles. The smallest absolute Gasteiger partial charge is 0.127 e. The first-order chi connectivity index (χ1) is 10.2. The third-order valence-corrected chi connectivity index (χ3v) is 4.33. The molecule has 1 aromatic rings. The summed E-state index contributed by atoms with van der Waals surface area (Å²) in [4.78, 5) is 2.46. The van der Waals surface area contributed by atoms with Gasteiger partial charge in [-0.25, -0.2) is 4.39 Å². The highest BCUT2D eigenvalue weighted by Crippen LogP contribution is 2.21. The topological polar surface area (TPSA) is 24.5 Å². The Morgan fingerprint density at radius 1 is 1.33 bits per heavy atom. The van der Waals surface area contributed by atoms with Crippen LogP contribution in [-0.2, 0) is 4.74 Å². The van der Waals surface area contributed by atoms with E-state index in [1.165, 1.54) is 0 Å². The molecule has 0 amide bonds. The van der Waals surface area contributed by atoms with Crippen molar-refractivity contribution in [3.8, 4) is 0 Å². The first-order valence-electron chi connectivity index (χ1n) is 7.97. The van der Waals surface area contributed by atoms with E-state index in [2.05, 4.69) is 17.1 Å². The Hall–Kier alpha value is -0.970. The molecule has 1 aliphatic heterocycles. The highest BCUT2D eigenvalue weighted by atomic mass is 19.1. The lowest BCUT2D eigenvalue weighted by Crippen LogP contribution is -2.38. The van der Waals surface area contributed by atoms with Gasteiger partial charge in [-0.1, -0.05) is 25.1 Å². The fourth-order valence-corrected chi connectivity index (χ4v) is 3.05. The van der Waals surface area contributed by atoms with Crippen LogP contribution in [0, 0.1) is 5.82 Å². The molecular weight excluding hydrogens is 267 g/mol. The van der Waals surface area contributed by atoms with E-state index in [1.54, 1.807) is 19.2 Å². The molecule has 1 atom stereocenters. The molecule has 21 heavy (non-hydrogen) atoms. The zero-order chi connectivity index (χ0) is 15.1. The van der Waals surface area contributed by atoms with Gasteiger partial charge >= 0.3 is 0 Å². The number of hydrogen-bond donors (Lipinski definition) is 1. The fraction of sp³-hybridized carbons (Fsp3) is 0.647. The van der Waals surface area contributed by atoms with E-state index in [0.717, 1.165) is 51.0 Å². The lowest BCUT2D eigenvalue weighted by molar-refractivity contribution is 0.0400. The Balaban J connectivity index is 1.88. The van der Waals surface area contributed by atoms with Gasteiger partial charge in [0.15, 0.2) is 0 Å². The van der Waals surface area contributed by atoms with E-state index >= 15 is 0 Å². The van der Waals surface area contributed by atoms with Gasteiger partial charge in [0.05, 0.1) is 6.10 Å². The summed E-state index contributed by atoms with van der Waals surface area (Å²) in [6, 6.07) is 7.18. The molecule has 4 heteroatoms. The van der Waals surface area contributed by atoms with Crippen LogP contribution in [0.4, 0.5) is 4.39 Å². The third kappa shape index (κ3) is 4.77. The summed E-state index contributed by atoms with van der Waals surface area (Å²) in [5.41, 5.74) is 0.783. The van der Waals surface area contributed by atoms with Crippen LogP contribution in [0.15, 0.2) is 24.3 Å². The van der Waals surface area contributed by atoms with Crippen LogP contribution in [0.1, 0.15) is 37.8 Å². The minimum atomic E-state index is -0.110. The van der Waals surface area contributed by atoms with Gasteiger partial charge in [0, 0.05) is 31.8 Å². The predicted molar refractivity (Wildman–Crippen MR) is 83.9 cm³/mol. The fourth-order valence-electron chi connectivity index (χ4n) is 3.05. The van der Waals surface area contributed by atoms with Crippen LogP contribution < -0.4 is 5.32 Å². The average Bonchev–Trinajstić information content (AvgIpc) is 2.53. The first-order valence-corrected chi connectivity index (χ1v) is 7.97. The van der Waals surface area contributed by atoms with Crippen LogP contribution >= 0.6 is 0 Å². The molecule has 2 rings (SSSR count). The zero-order valence-corrected chi connectivity index (χ0v) is 13.1. The average molecular weight is 294 g/mol. The molecule has 1 aromatic carbocycles. The highest BCUT2D eigenvalue weighted by molar-refractivity contribution is 5.21. The Kier molecular flexibility index (Phi) is 6.61. The number of halogens is 1. The molecule has 3 nitrogen and oxygen atoms in total. The summed E-state index contributed by atoms with van der Waals surface area (Å²) in [7, 11) is 1.79. The van der Waals surface area contributed by atoms with Crippen LogP contribution in [0.5, 0.6) is 0 Å². The summed E-state index contributed by atoms with van der Waals surface area (Å²) < 4.78 is 19.4. The van der Waals surface area contributed by atoms with Crippen molar-refractivity contribution in [2.24, 2.45) is 0 Å². The lowest BCUT2D eigenvalue weighted by atomic mass is 10.0. The van der Waals surface area contributed by atoms with Crippen LogP contribution in [0.2, 0.25) is 0 Å². The molecule has 0 radical (unpaired) electrons. The van der Waals surface area contributed by atoms with Gasteiger partial charge in [-0.15, -0.1) is 0 Å². The predicted octanol–water partition coefficient (Wildman–Crippen LogP) is 2.98. The van der Waals surface area contributed by atoms with Crippen molar-refractivity contribution >= 4 is 0 Å². The van der Waals surface area contributed by atoms with Crippen LogP contribution in [0.3, 0.4) is 0 Å². The van der Waals surface area contributed by atoms with Gasteiger partial charge in [0.25, 0.3) is 0 Å². The van der Waals surface area contributed by atoms with Crippen molar-refractivity contribution in [2.75, 3.05) is 33.3 Å². The third-order valence-electron chi connectivity index (χ3n) is 4.33. The molecule has 0 spiro atoms. The Bertz CT molecular complexity index is 419. The first kappa shape index (κ1) is 16.4. The number of nitrogens with one attached hydrogen (secondary N) is 1. The number of nitrogens with zero attached hydrogens (tertiary/aromatic N) is 1. The van der Waals surface area contributed by atoms with E-state index in [0.29, 0.717) is 6.10 Å². The zero-order valence-electron chi connectivity index (χ0n) is 13.1. The maximum absolute atomic E-state index is 14.0. The summed E-state index contributed by atoms with van der Waals surface area (Å²) in [6.07, 6.45) is 3.55. The minimum Gasteiger partial charge on any atom is -0.381 e. The van der Waals surface area contributed by atoms with Gasteiger partial charge in [-0.2, -0.15) is 0 Å². The number of methoxy groups -OCH3 is 1. The second-order valence-electron chi connectivity index (χ2n) is 5.70. The summed E-state index contributed by atoms with van der Waals surface area (Å²) in [6.45, 7) is 6.08. The van der Waals surface area contributed by atoms with E-state index in [1.807, 2.05) is 12.1 Å². The normalized spacial score (nSPS) is 18.8. The van der Waals surface area contributed by atoms with Gasteiger partial charge in [0.2, 0.25) is 0 Å². The number of hydrogen-bond acceptors (Lipinski definition) is 3. The van der Waals surface area contributed by atoms with Crippen LogP contribution in [0.25, 0.3) is 0 Å². The van der Waals surface area contributed by atoms with E-state index < -0.39 is 0 Å². The number of benzene rings is 1. The molecule has 1 N–H and O–H groups in total. The minimum absolute atomic E-state index is 0.0938. The van der Waals surface area contributed by atoms with Crippen molar-refractivity contribution in [2.45, 2.75) is 38.3 Å². The number of likely N-dealkylation sites (tertiary alicyclic amines) is 1. The van der Waals surface area contributed by atoms with E-state index in [-0.39, 0.29) is 11.9 Å². The molecule has 118 valence electrons. The van der Waals surface area contributed by atoms with Crippen molar-refractivity contribution in [1.82, 2.24) is 10.2 Å². The second kappa shape index (κ2) is 8.47. The number of ether oxygens (including phenoxy) is 1. The standard InChI is InChI=1S/C17H27FN2O/c1-3-19-17(15-6-4-5-7-16(15)18)10-13-20-11-8-14(21-2)9-12-20/h4-7,14,17,19H,3,8-13H2,1-2H3. The molecule has 0 saturated carbocycles. The monoisotopic (exact) mass is 294 g/mol. The summed E-state index contributed by atoms with van der Waals surface area (Å²) >= 11 is 0. The number of rotatable bonds is 7. The van der Waals surface area contributed by atoms with Gasteiger partial charge in [-0.05, 0) is 38.4 Å². The Morgan fingerprint density at radius 3 is 2.67 bits per heavy atom. The highest BCUT2D eigenvalue weighted by Gasteiger charge is 2.20. The summed E-state index contributed by atoms with van der Waals surface area (Å²) in [5, 5.41) is 3.41. The van der Waals surface area contributed by atoms with Crippen molar-refractivity contribution in [3.05, 3.63) is 35.6 Å². The lowest BCUT2D eigenvalue weighted by Gasteiger charge is -2.32. The Labute approximate surface area is 127 Å². The maximum atomic E-state index is 14.0. The SMILES string of the molecule is CCNC(CCN1CCC(OC)CC1)c1ccccc1F. The quantitative estimate of drug-likeness (QED) is 0.837. The van der Waals surface area contributed by atoms with E-state index in [9.17, 15) is 4.39 Å². The van der Waals surface area contributed by atoms with Gasteiger partial charge in [0.1, 0.15) is 5.82 Å². The molecule has 0 bridgehead atoms. The van der Waals surface area contributed by atoms with Crippen molar-refractivity contribution in [3.63, 3.8) is 0 Å².